The van der Waals surface area contributed by atoms with Gasteiger partial charge in [0.15, 0.2) is 0 Å². The summed E-state index contributed by atoms with van der Waals surface area (Å²) in [4.78, 5) is 24.6. The number of carbonyl (C=O) groups is 2. The molecule has 1 aromatic carbocycles. The molecule has 6 nitrogen and oxygen atoms in total. The van der Waals surface area contributed by atoms with E-state index in [0.29, 0.717) is 29.2 Å². The molecule has 0 saturated heterocycles. The second-order valence-corrected chi connectivity index (χ2v) is 7.60. The van der Waals surface area contributed by atoms with Gasteiger partial charge >= 0.3 is 12.0 Å². The number of ether oxygens (including phenoxy) is 2. The van der Waals surface area contributed by atoms with Gasteiger partial charge in [0, 0.05) is 21.5 Å². The van der Waals surface area contributed by atoms with Gasteiger partial charge in [-0.1, -0.05) is 22.9 Å². The van der Waals surface area contributed by atoms with Gasteiger partial charge in [0.05, 0.1) is 18.7 Å². The molecule has 1 aliphatic heterocycles. The van der Waals surface area contributed by atoms with E-state index >= 15 is 0 Å². The fourth-order valence-corrected chi connectivity index (χ4v) is 3.41. The Bertz CT molecular complexity index is 693. The zero-order valence-corrected chi connectivity index (χ0v) is 16.8. The molecule has 8 heteroatoms. The summed E-state index contributed by atoms with van der Waals surface area (Å²) < 4.78 is 11.6. The molecular formula is C17H21BrN2O4S. The fourth-order valence-electron chi connectivity index (χ4n) is 2.54. The van der Waals surface area contributed by atoms with Crippen LogP contribution in [0.5, 0.6) is 5.75 Å². The van der Waals surface area contributed by atoms with Crippen LogP contribution in [-0.4, -0.2) is 37.2 Å². The first-order chi connectivity index (χ1) is 12.0. The third-order valence-corrected chi connectivity index (χ3v) is 5.01. The second kappa shape index (κ2) is 9.15. The average molecular weight is 429 g/mol. The van der Waals surface area contributed by atoms with E-state index in [-0.39, 0.29) is 6.03 Å². The molecule has 25 heavy (non-hydrogen) atoms. The third-order valence-electron chi connectivity index (χ3n) is 3.66. The van der Waals surface area contributed by atoms with Gasteiger partial charge in [-0.05, 0) is 30.9 Å². The quantitative estimate of drug-likeness (QED) is 0.514. The summed E-state index contributed by atoms with van der Waals surface area (Å²) in [5.74, 6) is 1.83. The number of hydrogen-bond acceptors (Lipinski definition) is 5. The molecular weight excluding hydrogens is 408 g/mol. The molecule has 2 amide bonds. The number of esters is 1. The zero-order valence-electron chi connectivity index (χ0n) is 14.3. The number of thioether (sulfide) groups is 1. The van der Waals surface area contributed by atoms with Gasteiger partial charge in [-0.2, -0.15) is 11.8 Å². The molecule has 0 aromatic heterocycles. The Morgan fingerprint density at radius 1 is 1.40 bits per heavy atom. The van der Waals surface area contributed by atoms with Crippen molar-refractivity contribution in [2.45, 2.75) is 19.9 Å². The SMILES string of the molecule is CCSCCOC(=O)C1=C(C)NC(=O)N[C@@H]1c1cc(Br)ccc1OC. The monoisotopic (exact) mass is 428 g/mol. The van der Waals surface area contributed by atoms with Crippen molar-refractivity contribution in [1.82, 2.24) is 10.6 Å². The van der Waals surface area contributed by atoms with Gasteiger partial charge < -0.3 is 20.1 Å². The Hall–Kier alpha value is -1.67. The number of benzene rings is 1. The number of urea groups is 1. The molecule has 1 aliphatic rings. The van der Waals surface area contributed by atoms with E-state index < -0.39 is 12.0 Å². The average Bonchev–Trinajstić information content (AvgIpc) is 2.57. The number of nitrogens with one attached hydrogen (secondary N) is 2. The number of halogens is 1. The minimum atomic E-state index is -0.646. The van der Waals surface area contributed by atoms with Gasteiger partial charge in [0.25, 0.3) is 0 Å². The predicted molar refractivity (Wildman–Crippen MR) is 102 cm³/mol. The Balaban J connectivity index is 2.34. The van der Waals surface area contributed by atoms with Crippen LogP contribution in [0.15, 0.2) is 33.9 Å². The highest BCUT2D eigenvalue weighted by Gasteiger charge is 2.34. The standard InChI is InChI=1S/C17H21BrN2O4S/c1-4-25-8-7-24-16(21)14-10(2)19-17(22)20-15(14)12-9-11(18)5-6-13(12)23-3/h5-6,9,15H,4,7-8H2,1-3H3,(H2,19,20,22)/t15-/m1/s1. The molecule has 1 heterocycles. The lowest BCUT2D eigenvalue weighted by Crippen LogP contribution is -2.45. The highest BCUT2D eigenvalue weighted by atomic mass is 79.9. The maximum Gasteiger partial charge on any atom is 0.338 e. The fraction of sp³-hybridized carbons (Fsp3) is 0.412. The smallest absolute Gasteiger partial charge is 0.338 e. The number of allylic oxidation sites excluding steroid dienone is 1. The minimum absolute atomic E-state index is 0.324. The lowest BCUT2D eigenvalue weighted by molar-refractivity contribution is -0.138. The molecule has 2 N–H and O–H groups in total. The van der Waals surface area contributed by atoms with Gasteiger partial charge in [0.1, 0.15) is 12.4 Å². The molecule has 0 spiro atoms. The summed E-state index contributed by atoms with van der Waals surface area (Å²) in [5.41, 5.74) is 1.53. The van der Waals surface area contributed by atoms with E-state index in [1.807, 2.05) is 12.1 Å². The van der Waals surface area contributed by atoms with Crippen molar-refractivity contribution < 1.29 is 19.1 Å². The number of rotatable bonds is 7. The third kappa shape index (κ3) is 4.92. The molecule has 1 aromatic rings. The van der Waals surface area contributed by atoms with Crippen LogP contribution in [0.4, 0.5) is 4.79 Å². The molecule has 0 bridgehead atoms. The lowest BCUT2D eigenvalue weighted by atomic mass is 9.95. The van der Waals surface area contributed by atoms with Crippen molar-refractivity contribution in [2.24, 2.45) is 0 Å². The van der Waals surface area contributed by atoms with Crippen LogP contribution in [0, 0.1) is 0 Å². The molecule has 0 fully saturated rings. The van der Waals surface area contributed by atoms with Crippen molar-refractivity contribution in [3.05, 3.63) is 39.5 Å². The van der Waals surface area contributed by atoms with Gasteiger partial charge in [-0.3, -0.25) is 0 Å². The summed E-state index contributed by atoms with van der Waals surface area (Å²) in [7, 11) is 1.55. The van der Waals surface area contributed by atoms with E-state index in [1.54, 1.807) is 31.9 Å². The summed E-state index contributed by atoms with van der Waals surface area (Å²) in [6.45, 7) is 4.06. The number of amides is 2. The van der Waals surface area contributed by atoms with Crippen molar-refractivity contribution in [1.29, 1.82) is 0 Å². The van der Waals surface area contributed by atoms with Crippen LogP contribution in [0.3, 0.4) is 0 Å². The number of hydrogen-bond donors (Lipinski definition) is 2. The number of methoxy groups -OCH3 is 1. The van der Waals surface area contributed by atoms with Crippen LogP contribution in [0.2, 0.25) is 0 Å². The lowest BCUT2D eigenvalue weighted by Gasteiger charge is -2.29. The summed E-state index contributed by atoms with van der Waals surface area (Å²) in [6, 6.07) is 4.42. The predicted octanol–water partition coefficient (Wildman–Crippen LogP) is 3.38. The van der Waals surface area contributed by atoms with E-state index in [4.69, 9.17) is 9.47 Å². The van der Waals surface area contributed by atoms with Crippen LogP contribution in [0.25, 0.3) is 0 Å². The molecule has 0 unspecified atom stereocenters. The maximum absolute atomic E-state index is 12.6. The molecule has 0 saturated carbocycles. The van der Waals surface area contributed by atoms with Gasteiger partial charge in [-0.25, -0.2) is 9.59 Å². The first kappa shape index (κ1) is 19.7. The van der Waals surface area contributed by atoms with Crippen LogP contribution < -0.4 is 15.4 Å². The Labute approximate surface area is 159 Å². The largest absolute Gasteiger partial charge is 0.496 e. The van der Waals surface area contributed by atoms with Crippen molar-refractivity contribution in [3.63, 3.8) is 0 Å². The highest BCUT2D eigenvalue weighted by molar-refractivity contribution is 9.10. The van der Waals surface area contributed by atoms with Crippen LogP contribution in [0.1, 0.15) is 25.5 Å². The zero-order chi connectivity index (χ0) is 18.4. The normalized spacial score (nSPS) is 17.0. The topological polar surface area (TPSA) is 76.7 Å². The Morgan fingerprint density at radius 3 is 2.84 bits per heavy atom. The molecule has 0 radical (unpaired) electrons. The van der Waals surface area contributed by atoms with Crippen LogP contribution in [-0.2, 0) is 9.53 Å². The summed E-state index contributed by atoms with van der Waals surface area (Å²) in [5, 5.41) is 5.42. The number of carbonyl (C=O) groups excluding carboxylic acids is 2. The van der Waals surface area contributed by atoms with Crippen molar-refractivity contribution in [2.75, 3.05) is 25.2 Å². The Kier molecular flexibility index (Phi) is 7.19. The second-order valence-electron chi connectivity index (χ2n) is 5.29. The Morgan fingerprint density at radius 2 is 2.16 bits per heavy atom. The molecule has 136 valence electrons. The van der Waals surface area contributed by atoms with E-state index in [2.05, 4.69) is 33.5 Å². The molecule has 0 aliphatic carbocycles. The van der Waals surface area contributed by atoms with Gasteiger partial charge in [0.2, 0.25) is 0 Å². The highest BCUT2D eigenvalue weighted by Crippen LogP contribution is 2.35. The first-order valence-electron chi connectivity index (χ1n) is 7.84. The molecule has 2 rings (SSSR count). The maximum atomic E-state index is 12.6. The van der Waals surface area contributed by atoms with Gasteiger partial charge in [-0.15, -0.1) is 0 Å². The molecule has 1 atom stereocenters. The van der Waals surface area contributed by atoms with Crippen LogP contribution >= 0.6 is 27.7 Å². The summed E-state index contributed by atoms with van der Waals surface area (Å²) in [6.07, 6.45) is 0. The van der Waals surface area contributed by atoms with E-state index in [9.17, 15) is 9.59 Å². The van der Waals surface area contributed by atoms with E-state index in [0.717, 1.165) is 16.0 Å². The van der Waals surface area contributed by atoms with E-state index in [1.165, 1.54) is 0 Å². The van der Waals surface area contributed by atoms with Crippen molar-refractivity contribution in [3.8, 4) is 5.75 Å². The van der Waals surface area contributed by atoms with Crippen molar-refractivity contribution >= 4 is 39.7 Å². The first-order valence-corrected chi connectivity index (χ1v) is 9.79. The minimum Gasteiger partial charge on any atom is -0.496 e. The summed E-state index contributed by atoms with van der Waals surface area (Å²) >= 11 is 5.12.